The Morgan fingerprint density at radius 2 is 2.21 bits per heavy atom. The number of benzene rings is 1. The highest BCUT2D eigenvalue weighted by Crippen LogP contribution is 2.32. The molecule has 0 amide bonds. The van der Waals surface area contributed by atoms with Crippen molar-refractivity contribution in [2.24, 2.45) is 0 Å². The molecule has 1 aromatic carbocycles. The summed E-state index contributed by atoms with van der Waals surface area (Å²) in [7, 11) is 0. The molecule has 2 aromatic rings. The van der Waals surface area contributed by atoms with E-state index in [0.717, 1.165) is 23.0 Å². The molecule has 0 saturated heterocycles. The van der Waals surface area contributed by atoms with Crippen LogP contribution in [-0.2, 0) is 6.61 Å². The minimum absolute atomic E-state index is 0.436. The molecule has 6 heteroatoms. The van der Waals surface area contributed by atoms with E-state index >= 15 is 0 Å². The van der Waals surface area contributed by atoms with E-state index in [2.05, 4.69) is 17.2 Å². The first kappa shape index (κ1) is 14.4. The zero-order valence-electron chi connectivity index (χ0n) is 10.5. The van der Waals surface area contributed by atoms with Gasteiger partial charge in [-0.25, -0.2) is 4.98 Å². The van der Waals surface area contributed by atoms with Gasteiger partial charge in [0.05, 0.1) is 9.90 Å². The molecule has 0 saturated carbocycles. The fraction of sp³-hybridized carbons (Fsp3) is 0.308. The van der Waals surface area contributed by atoms with Crippen LogP contribution in [0.25, 0.3) is 0 Å². The van der Waals surface area contributed by atoms with Gasteiger partial charge in [0.25, 0.3) is 0 Å². The molecule has 1 aromatic heterocycles. The van der Waals surface area contributed by atoms with Gasteiger partial charge in [0.15, 0.2) is 5.13 Å². The van der Waals surface area contributed by atoms with Gasteiger partial charge in [0.1, 0.15) is 17.4 Å². The van der Waals surface area contributed by atoms with Crippen molar-refractivity contribution in [1.82, 2.24) is 4.98 Å². The summed E-state index contributed by atoms with van der Waals surface area (Å²) in [5.41, 5.74) is 0. The summed E-state index contributed by atoms with van der Waals surface area (Å²) < 4.78 is 5.65. The monoisotopic (exact) mass is 316 g/mol. The van der Waals surface area contributed by atoms with Crippen LogP contribution in [-0.4, -0.2) is 11.5 Å². The first-order valence-electron chi connectivity index (χ1n) is 5.96. The molecule has 0 spiro atoms. The molecule has 3 nitrogen and oxygen atoms in total. The van der Waals surface area contributed by atoms with Gasteiger partial charge in [-0.2, -0.15) is 0 Å². The number of nitrogens with zero attached hydrogens (tertiary/aromatic N) is 1. The topological polar surface area (TPSA) is 34.2 Å². The maximum Gasteiger partial charge on any atom is 0.182 e. The quantitative estimate of drug-likeness (QED) is 0.827. The van der Waals surface area contributed by atoms with Crippen LogP contribution in [0, 0.1) is 0 Å². The number of hydrogen-bond donors (Lipinski definition) is 1. The van der Waals surface area contributed by atoms with E-state index in [1.54, 1.807) is 29.7 Å². The van der Waals surface area contributed by atoms with Gasteiger partial charge < -0.3 is 10.1 Å². The van der Waals surface area contributed by atoms with Gasteiger partial charge in [0.2, 0.25) is 0 Å². The van der Waals surface area contributed by atoms with Gasteiger partial charge >= 0.3 is 0 Å². The minimum Gasteiger partial charge on any atom is -0.486 e. The highest BCUT2D eigenvalue weighted by Gasteiger charge is 2.07. The summed E-state index contributed by atoms with van der Waals surface area (Å²) >= 11 is 13.6. The molecule has 0 aliphatic heterocycles. The lowest BCUT2D eigenvalue weighted by Gasteiger charge is -2.07. The number of ether oxygens (including phenoxy) is 1. The highest BCUT2D eigenvalue weighted by atomic mass is 35.5. The van der Waals surface area contributed by atoms with Crippen molar-refractivity contribution in [2.45, 2.75) is 20.0 Å². The standard InChI is InChI=1S/C13H14Cl2N2OS/c1-2-6-16-13-17-7-9(19-13)8-18-11-5-3-4-10(14)12(11)15/h3-5,7H,2,6,8H2,1H3,(H,16,17). The van der Waals surface area contributed by atoms with E-state index < -0.39 is 0 Å². The molecule has 0 bridgehead atoms. The molecule has 0 fully saturated rings. The molecule has 19 heavy (non-hydrogen) atoms. The van der Waals surface area contributed by atoms with Crippen molar-refractivity contribution in [2.75, 3.05) is 11.9 Å². The Morgan fingerprint density at radius 1 is 1.37 bits per heavy atom. The van der Waals surface area contributed by atoms with E-state index in [4.69, 9.17) is 27.9 Å². The van der Waals surface area contributed by atoms with Crippen LogP contribution in [0.5, 0.6) is 5.75 Å². The molecule has 2 rings (SSSR count). The van der Waals surface area contributed by atoms with Gasteiger partial charge in [0, 0.05) is 12.7 Å². The van der Waals surface area contributed by atoms with E-state index in [1.165, 1.54) is 0 Å². The third-order valence-corrected chi connectivity index (χ3v) is 4.10. The van der Waals surface area contributed by atoms with Gasteiger partial charge in [-0.3, -0.25) is 0 Å². The van der Waals surface area contributed by atoms with Crippen LogP contribution in [0.4, 0.5) is 5.13 Å². The summed E-state index contributed by atoms with van der Waals surface area (Å²) in [6.07, 6.45) is 2.88. The SMILES string of the molecule is CCCNc1ncc(COc2cccc(Cl)c2Cl)s1. The van der Waals surface area contributed by atoms with Crippen molar-refractivity contribution in [3.8, 4) is 5.75 Å². The largest absolute Gasteiger partial charge is 0.486 e. The van der Waals surface area contributed by atoms with Crippen molar-refractivity contribution >= 4 is 39.7 Å². The number of nitrogens with one attached hydrogen (secondary N) is 1. The number of halogens is 2. The van der Waals surface area contributed by atoms with Crippen LogP contribution in [0.15, 0.2) is 24.4 Å². The summed E-state index contributed by atoms with van der Waals surface area (Å²) in [4.78, 5) is 5.31. The predicted octanol–water partition coefficient (Wildman–Crippen LogP) is 4.85. The second-order valence-electron chi connectivity index (χ2n) is 3.90. The molecule has 0 unspecified atom stereocenters. The van der Waals surface area contributed by atoms with Crippen LogP contribution in [0.1, 0.15) is 18.2 Å². The second-order valence-corrected chi connectivity index (χ2v) is 5.80. The van der Waals surface area contributed by atoms with E-state index in [-0.39, 0.29) is 0 Å². The Bertz CT molecular complexity index is 545. The Hall–Kier alpha value is -0.970. The van der Waals surface area contributed by atoms with Gasteiger partial charge in [-0.1, -0.05) is 47.5 Å². The lowest BCUT2D eigenvalue weighted by atomic mass is 10.3. The average molecular weight is 317 g/mol. The molecule has 0 atom stereocenters. The lowest BCUT2D eigenvalue weighted by Crippen LogP contribution is -1.97. The Balaban J connectivity index is 1.95. The van der Waals surface area contributed by atoms with E-state index in [1.807, 2.05) is 6.07 Å². The fourth-order valence-corrected chi connectivity index (χ4v) is 2.53. The summed E-state index contributed by atoms with van der Waals surface area (Å²) in [6, 6.07) is 5.34. The van der Waals surface area contributed by atoms with E-state index in [9.17, 15) is 0 Å². The van der Waals surface area contributed by atoms with Crippen LogP contribution in [0.3, 0.4) is 0 Å². The molecular weight excluding hydrogens is 303 g/mol. The second kappa shape index (κ2) is 6.98. The lowest BCUT2D eigenvalue weighted by molar-refractivity contribution is 0.310. The molecule has 102 valence electrons. The Labute approximate surface area is 126 Å². The predicted molar refractivity (Wildman–Crippen MR) is 81.7 cm³/mol. The van der Waals surface area contributed by atoms with Crippen molar-refractivity contribution in [3.63, 3.8) is 0 Å². The van der Waals surface area contributed by atoms with Gasteiger partial charge in [-0.15, -0.1) is 0 Å². The Morgan fingerprint density at radius 3 is 3.00 bits per heavy atom. The number of anilines is 1. The fourth-order valence-electron chi connectivity index (χ4n) is 1.43. The Kier molecular flexibility index (Phi) is 5.31. The molecule has 1 N–H and O–H groups in total. The van der Waals surface area contributed by atoms with Crippen LogP contribution in [0.2, 0.25) is 10.0 Å². The third kappa shape index (κ3) is 4.00. The maximum absolute atomic E-state index is 6.05. The first-order valence-corrected chi connectivity index (χ1v) is 7.53. The number of rotatable bonds is 6. The van der Waals surface area contributed by atoms with E-state index in [0.29, 0.717) is 22.4 Å². The zero-order valence-corrected chi connectivity index (χ0v) is 12.8. The molecule has 0 aliphatic carbocycles. The number of thiazole rings is 1. The van der Waals surface area contributed by atoms with Crippen LogP contribution >= 0.6 is 34.5 Å². The summed E-state index contributed by atoms with van der Waals surface area (Å²) in [6.45, 7) is 3.48. The van der Waals surface area contributed by atoms with Crippen molar-refractivity contribution in [1.29, 1.82) is 0 Å². The minimum atomic E-state index is 0.436. The highest BCUT2D eigenvalue weighted by molar-refractivity contribution is 7.15. The van der Waals surface area contributed by atoms with Crippen LogP contribution < -0.4 is 10.1 Å². The normalized spacial score (nSPS) is 10.5. The third-order valence-electron chi connectivity index (χ3n) is 2.37. The molecule has 1 heterocycles. The summed E-state index contributed by atoms with van der Waals surface area (Å²) in [5.74, 6) is 0.589. The maximum atomic E-state index is 6.05. The summed E-state index contributed by atoms with van der Waals surface area (Å²) in [5, 5.41) is 5.09. The first-order chi connectivity index (χ1) is 9.20. The van der Waals surface area contributed by atoms with Crippen molar-refractivity contribution < 1.29 is 4.74 Å². The van der Waals surface area contributed by atoms with Crippen molar-refractivity contribution in [3.05, 3.63) is 39.3 Å². The van der Waals surface area contributed by atoms with Gasteiger partial charge in [-0.05, 0) is 18.6 Å². The molecular formula is C13H14Cl2N2OS. The molecule has 0 radical (unpaired) electrons. The smallest absolute Gasteiger partial charge is 0.182 e. The molecule has 0 aliphatic rings. The number of hydrogen-bond acceptors (Lipinski definition) is 4. The average Bonchev–Trinajstić information content (AvgIpc) is 2.86. The number of aromatic nitrogens is 1. The zero-order chi connectivity index (χ0) is 13.7.